The largest absolute Gasteiger partial charge is 0.491 e. The first-order chi connectivity index (χ1) is 13.1. The number of methoxy groups -OCH3 is 1. The average molecular weight is 409 g/mol. The molecule has 1 aromatic heterocycles. The van der Waals surface area contributed by atoms with E-state index in [0.717, 1.165) is 31.4 Å². The fourth-order valence-corrected chi connectivity index (χ4v) is 5.67. The number of rotatable bonds is 9. The minimum absolute atomic E-state index is 0.181. The van der Waals surface area contributed by atoms with Crippen molar-refractivity contribution >= 4 is 26.5 Å². The highest BCUT2D eigenvalue weighted by atomic mass is 32.2. The Hall–Kier alpha value is -1.90. The Kier molecular flexibility index (Phi) is 6.51. The SMILES string of the molecule is C=CCN(c1nc2c(s1)CCCC2)S(=O)(=O)c1ccc(OCCOC)cc1. The molecule has 0 unspecified atom stereocenters. The van der Waals surface area contributed by atoms with Gasteiger partial charge in [-0.1, -0.05) is 6.08 Å². The molecule has 0 saturated carbocycles. The van der Waals surface area contributed by atoms with Gasteiger partial charge in [-0.15, -0.1) is 17.9 Å². The van der Waals surface area contributed by atoms with E-state index in [-0.39, 0.29) is 11.4 Å². The smallest absolute Gasteiger partial charge is 0.266 e. The van der Waals surface area contributed by atoms with Gasteiger partial charge in [0.15, 0.2) is 5.13 Å². The van der Waals surface area contributed by atoms with E-state index in [4.69, 9.17) is 9.47 Å². The van der Waals surface area contributed by atoms with Crippen LogP contribution in [0.2, 0.25) is 0 Å². The Balaban J connectivity index is 1.85. The van der Waals surface area contributed by atoms with Crippen LogP contribution in [-0.2, 0) is 27.6 Å². The van der Waals surface area contributed by atoms with E-state index in [0.29, 0.717) is 24.1 Å². The number of aryl methyl sites for hydroxylation is 2. The molecule has 0 aliphatic heterocycles. The summed E-state index contributed by atoms with van der Waals surface area (Å²) in [5, 5.41) is 0.516. The molecule has 0 fully saturated rings. The van der Waals surface area contributed by atoms with Gasteiger partial charge in [-0.3, -0.25) is 0 Å². The lowest BCUT2D eigenvalue weighted by Crippen LogP contribution is -2.31. The average Bonchev–Trinajstić information content (AvgIpc) is 3.10. The molecule has 146 valence electrons. The van der Waals surface area contributed by atoms with Gasteiger partial charge in [0, 0.05) is 12.0 Å². The molecule has 0 N–H and O–H groups in total. The first kappa shape index (κ1) is 19.9. The third kappa shape index (κ3) is 4.51. The molecule has 0 spiro atoms. The van der Waals surface area contributed by atoms with Gasteiger partial charge in [-0.05, 0) is 49.9 Å². The predicted octanol–water partition coefficient (Wildman–Crippen LogP) is 3.43. The maximum absolute atomic E-state index is 13.2. The topological polar surface area (TPSA) is 68.7 Å². The molecule has 0 atom stereocenters. The molecule has 0 amide bonds. The van der Waals surface area contributed by atoms with Crippen LogP contribution in [0.5, 0.6) is 5.75 Å². The third-order valence-electron chi connectivity index (χ3n) is 4.31. The molecular weight excluding hydrogens is 384 g/mol. The number of fused-ring (bicyclic) bond motifs is 1. The number of thiazole rings is 1. The van der Waals surface area contributed by atoms with Crippen LogP contribution in [0.4, 0.5) is 5.13 Å². The van der Waals surface area contributed by atoms with Gasteiger partial charge in [0.2, 0.25) is 0 Å². The van der Waals surface area contributed by atoms with E-state index < -0.39 is 10.0 Å². The van der Waals surface area contributed by atoms with Crippen LogP contribution in [0.1, 0.15) is 23.4 Å². The normalized spacial score (nSPS) is 13.8. The quantitative estimate of drug-likeness (QED) is 0.470. The molecular formula is C19H24N2O4S2. The predicted molar refractivity (Wildman–Crippen MR) is 107 cm³/mol. The molecule has 0 saturated heterocycles. The van der Waals surface area contributed by atoms with Gasteiger partial charge < -0.3 is 9.47 Å². The summed E-state index contributed by atoms with van der Waals surface area (Å²) in [5.74, 6) is 0.603. The molecule has 27 heavy (non-hydrogen) atoms. The van der Waals surface area contributed by atoms with E-state index in [1.165, 1.54) is 20.5 Å². The van der Waals surface area contributed by atoms with Gasteiger partial charge in [-0.2, -0.15) is 0 Å². The minimum atomic E-state index is -3.73. The molecule has 0 radical (unpaired) electrons. The van der Waals surface area contributed by atoms with Crippen molar-refractivity contribution in [1.29, 1.82) is 0 Å². The van der Waals surface area contributed by atoms with Gasteiger partial charge in [0.05, 0.1) is 23.7 Å². The van der Waals surface area contributed by atoms with Gasteiger partial charge >= 0.3 is 0 Å². The van der Waals surface area contributed by atoms with Crippen molar-refractivity contribution in [1.82, 2.24) is 4.98 Å². The van der Waals surface area contributed by atoms with Crippen LogP contribution in [0, 0.1) is 0 Å². The van der Waals surface area contributed by atoms with Crippen molar-refractivity contribution in [3.05, 3.63) is 47.5 Å². The van der Waals surface area contributed by atoms with Crippen LogP contribution in [0.3, 0.4) is 0 Å². The fraction of sp³-hybridized carbons (Fsp3) is 0.421. The summed E-state index contributed by atoms with van der Waals surface area (Å²) in [6.07, 6.45) is 5.71. The highest BCUT2D eigenvalue weighted by Gasteiger charge is 2.28. The van der Waals surface area contributed by atoms with E-state index >= 15 is 0 Å². The lowest BCUT2D eigenvalue weighted by Gasteiger charge is -2.20. The number of aromatic nitrogens is 1. The minimum Gasteiger partial charge on any atom is -0.491 e. The number of hydrogen-bond donors (Lipinski definition) is 0. The Morgan fingerprint density at radius 2 is 1.96 bits per heavy atom. The lowest BCUT2D eigenvalue weighted by atomic mass is 10.0. The molecule has 6 nitrogen and oxygen atoms in total. The molecule has 1 aliphatic carbocycles. The Labute approximate surface area is 164 Å². The zero-order chi connectivity index (χ0) is 19.3. The summed E-state index contributed by atoms with van der Waals surface area (Å²) >= 11 is 1.47. The number of benzene rings is 1. The van der Waals surface area contributed by atoms with E-state index in [1.807, 2.05) is 0 Å². The highest BCUT2D eigenvalue weighted by Crippen LogP contribution is 2.34. The second kappa shape index (κ2) is 8.86. The van der Waals surface area contributed by atoms with E-state index in [2.05, 4.69) is 11.6 Å². The molecule has 0 bridgehead atoms. The van der Waals surface area contributed by atoms with Crippen LogP contribution >= 0.6 is 11.3 Å². The third-order valence-corrected chi connectivity index (χ3v) is 7.38. The first-order valence-corrected chi connectivity index (χ1v) is 11.2. The van der Waals surface area contributed by atoms with Crippen LogP contribution in [0.15, 0.2) is 41.8 Å². The van der Waals surface area contributed by atoms with Crippen molar-refractivity contribution in [2.75, 3.05) is 31.2 Å². The van der Waals surface area contributed by atoms with Crippen LogP contribution in [-0.4, -0.2) is 40.3 Å². The molecule has 2 aromatic rings. The van der Waals surface area contributed by atoms with Gasteiger partial charge in [0.25, 0.3) is 10.0 Å². The second-order valence-electron chi connectivity index (χ2n) is 6.21. The zero-order valence-electron chi connectivity index (χ0n) is 15.4. The maximum Gasteiger partial charge on any atom is 0.266 e. The summed E-state index contributed by atoms with van der Waals surface area (Å²) in [4.78, 5) is 6.01. The summed E-state index contributed by atoms with van der Waals surface area (Å²) in [6, 6.07) is 6.42. The number of hydrogen-bond acceptors (Lipinski definition) is 6. The Bertz CT molecular complexity index is 852. The molecule has 3 rings (SSSR count). The summed E-state index contributed by atoms with van der Waals surface area (Å²) in [5.41, 5.74) is 1.03. The maximum atomic E-state index is 13.2. The molecule has 8 heteroatoms. The molecule has 1 aliphatic rings. The summed E-state index contributed by atoms with van der Waals surface area (Å²) in [7, 11) is -2.13. The fourth-order valence-electron chi connectivity index (χ4n) is 2.92. The standard InChI is InChI=1S/C19H24N2O4S2/c1-3-12-21(19-20-17-6-4-5-7-18(17)26-19)27(22,23)16-10-8-15(9-11-16)25-14-13-24-2/h3,8-11H,1,4-7,12-14H2,2H3. The lowest BCUT2D eigenvalue weighted by molar-refractivity contribution is 0.146. The van der Waals surface area contributed by atoms with Crippen molar-refractivity contribution in [3.8, 4) is 5.75 Å². The molecule has 1 aromatic carbocycles. The second-order valence-corrected chi connectivity index (χ2v) is 9.14. The van der Waals surface area contributed by atoms with Gasteiger partial charge in [-0.25, -0.2) is 17.7 Å². The van der Waals surface area contributed by atoms with Crippen molar-refractivity contribution in [3.63, 3.8) is 0 Å². The van der Waals surface area contributed by atoms with E-state index in [1.54, 1.807) is 37.5 Å². The number of sulfonamides is 1. The van der Waals surface area contributed by atoms with Crippen molar-refractivity contribution in [2.24, 2.45) is 0 Å². The summed E-state index contributed by atoms with van der Waals surface area (Å²) < 4.78 is 38.2. The number of ether oxygens (including phenoxy) is 2. The molecule has 1 heterocycles. The summed E-state index contributed by atoms with van der Waals surface area (Å²) in [6.45, 7) is 4.78. The Morgan fingerprint density at radius 1 is 1.22 bits per heavy atom. The van der Waals surface area contributed by atoms with Gasteiger partial charge in [0.1, 0.15) is 12.4 Å². The van der Waals surface area contributed by atoms with Crippen LogP contribution in [0.25, 0.3) is 0 Å². The highest BCUT2D eigenvalue weighted by molar-refractivity contribution is 7.93. The van der Waals surface area contributed by atoms with Crippen molar-refractivity contribution in [2.45, 2.75) is 30.6 Å². The monoisotopic (exact) mass is 408 g/mol. The van der Waals surface area contributed by atoms with Crippen molar-refractivity contribution < 1.29 is 17.9 Å². The number of anilines is 1. The Morgan fingerprint density at radius 3 is 2.63 bits per heavy atom. The first-order valence-electron chi connectivity index (χ1n) is 8.90. The zero-order valence-corrected chi connectivity index (χ0v) is 17.0. The van der Waals surface area contributed by atoms with E-state index in [9.17, 15) is 8.42 Å². The van der Waals surface area contributed by atoms with Crippen LogP contribution < -0.4 is 9.04 Å². The number of nitrogens with zero attached hydrogens (tertiary/aromatic N) is 2.